The summed E-state index contributed by atoms with van der Waals surface area (Å²) in [5.41, 5.74) is 2.11. The Hall–Kier alpha value is -1.09. The van der Waals surface area contributed by atoms with Gasteiger partial charge in [0.25, 0.3) is 0 Å². The number of halogens is 2. The fraction of sp³-hybridized carbons (Fsp3) is 0.312. The zero-order valence-corrected chi connectivity index (χ0v) is 13.0. The quantitative estimate of drug-likeness (QED) is 0.838. The third-order valence-corrected chi connectivity index (χ3v) is 3.66. The van der Waals surface area contributed by atoms with E-state index in [9.17, 15) is 0 Å². The number of hydrogen-bond acceptors (Lipinski definition) is 2. The summed E-state index contributed by atoms with van der Waals surface area (Å²) in [5, 5.41) is 4.73. The highest BCUT2D eigenvalue weighted by Crippen LogP contribution is 2.24. The van der Waals surface area contributed by atoms with E-state index in [2.05, 4.69) is 29.4 Å². The van der Waals surface area contributed by atoms with Crippen LogP contribution in [0.4, 0.5) is 0 Å². The lowest BCUT2D eigenvalue weighted by atomic mass is 10.0. The van der Waals surface area contributed by atoms with Crippen LogP contribution in [0.2, 0.25) is 10.0 Å². The lowest BCUT2D eigenvalue weighted by Gasteiger charge is -2.19. The van der Waals surface area contributed by atoms with E-state index in [-0.39, 0.29) is 6.04 Å². The second kappa shape index (κ2) is 7.63. The number of rotatable bonds is 6. The number of benzene rings is 1. The van der Waals surface area contributed by atoms with Gasteiger partial charge in [-0.2, -0.15) is 0 Å². The molecule has 1 aromatic carbocycles. The standard InChI is InChI=1S/C16H18Cl2N2/c1-2-8-19-15(12-6-4-3-5-7-12)10-16-14(18)9-13(17)11-20-16/h3-7,9,11,15,19H,2,8,10H2,1H3. The zero-order chi connectivity index (χ0) is 14.4. The van der Waals surface area contributed by atoms with Gasteiger partial charge < -0.3 is 5.32 Å². The molecule has 0 aliphatic heterocycles. The van der Waals surface area contributed by atoms with E-state index in [1.165, 1.54) is 5.56 Å². The Morgan fingerprint density at radius 2 is 1.95 bits per heavy atom. The van der Waals surface area contributed by atoms with Crippen molar-refractivity contribution in [2.45, 2.75) is 25.8 Å². The lowest BCUT2D eigenvalue weighted by Crippen LogP contribution is -2.24. The molecule has 1 unspecified atom stereocenters. The summed E-state index contributed by atoms with van der Waals surface area (Å²) in [4.78, 5) is 4.35. The van der Waals surface area contributed by atoms with Crippen LogP contribution < -0.4 is 5.32 Å². The van der Waals surface area contributed by atoms with Gasteiger partial charge in [-0.1, -0.05) is 60.5 Å². The van der Waals surface area contributed by atoms with Crippen LogP contribution in [0.5, 0.6) is 0 Å². The highest BCUT2D eigenvalue weighted by atomic mass is 35.5. The normalized spacial score (nSPS) is 12.3. The topological polar surface area (TPSA) is 24.9 Å². The first kappa shape index (κ1) is 15.3. The lowest BCUT2D eigenvalue weighted by molar-refractivity contribution is 0.524. The highest BCUT2D eigenvalue weighted by molar-refractivity contribution is 6.34. The van der Waals surface area contributed by atoms with E-state index in [1.807, 2.05) is 18.2 Å². The van der Waals surface area contributed by atoms with Gasteiger partial charge in [-0.15, -0.1) is 0 Å². The Kier molecular flexibility index (Phi) is 5.84. The molecule has 0 saturated carbocycles. The predicted octanol–water partition coefficient (Wildman–Crippen LogP) is 4.67. The second-order valence-electron chi connectivity index (χ2n) is 4.70. The maximum absolute atomic E-state index is 6.22. The molecule has 1 aromatic heterocycles. The van der Waals surface area contributed by atoms with Crippen molar-refractivity contribution < 1.29 is 0 Å². The van der Waals surface area contributed by atoms with Crippen LogP contribution in [0.3, 0.4) is 0 Å². The van der Waals surface area contributed by atoms with E-state index >= 15 is 0 Å². The second-order valence-corrected chi connectivity index (χ2v) is 5.55. The number of hydrogen-bond donors (Lipinski definition) is 1. The highest BCUT2D eigenvalue weighted by Gasteiger charge is 2.14. The molecule has 0 fully saturated rings. The molecule has 0 saturated heterocycles. The summed E-state index contributed by atoms with van der Waals surface area (Å²) < 4.78 is 0. The molecule has 0 aliphatic rings. The van der Waals surface area contributed by atoms with Crippen LogP contribution in [-0.2, 0) is 6.42 Å². The van der Waals surface area contributed by atoms with Gasteiger partial charge in [-0.3, -0.25) is 4.98 Å². The summed E-state index contributed by atoms with van der Waals surface area (Å²) in [7, 11) is 0. The largest absolute Gasteiger partial charge is 0.310 e. The van der Waals surface area contributed by atoms with Crippen molar-refractivity contribution in [3.8, 4) is 0 Å². The van der Waals surface area contributed by atoms with Crippen LogP contribution in [0.1, 0.15) is 30.6 Å². The van der Waals surface area contributed by atoms with Crippen LogP contribution in [0.25, 0.3) is 0 Å². The molecule has 1 atom stereocenters. The first-order valence-electron chi connectivity index (χ1n) is 6.79. The van der Waals surface area contributed by atoms with Crippen LogP contribution in [-0.4, -0.2) is 11.5 Å². The van der Waals surface area contributed by atoms with E-state index in [0.717, 1.165) is 25.1 Å². The van der Waals surface area contributed by atoms with Crippen LogP contribution in [0.15, 0.2) is 42.6 Å². The summed E-state index contributed by atoms with van der Waals surface area (Å²) in [6.45, 7) is 3.12. The maximum atomic E-state index is 6.22. The summed E-state index contributed by atoms with van der Waals surface area (Å²) in [6.07, 6.45) is 3.48. The molecule has 2 nitrogen and oxygen atoms in total. The van der Waals surface area contributed by atoms with E-state index < -0.39 is 0 Å². The van der Waals surface area contributed by atoms with Crippen molar-refractivity contribution in [1.29, 1.82) is 0 Å². The third kappa shape index (κ3) is 4.20. The molecule has 4 heteroatoms. The molecule has 0 amide bonds. The Morgan fingerprint density at radius 3 is 2.60 bits per heavy atom. The van der Waals surface area contributed by atoms with Gasteiger partial charge in [0.1, 0.15) is 0 Å². The smallest absolute Gasteiger partial charge is 0.0637 e. The Balaban J connectivity index is 2.19. The number of nitrogens with zero attached hydrogens (tertiary/aromatic N) is 1. The fourth-order valence-corrected chi connectivity index (χ4v) is 2.56. The minimum atomic E-state index is 0.210. The van der Waals surface area contributed by atoms with Crippen molar-refractivity contribution in [3.63, 3.8) is 0 Å². The summed E-state index contributed by atoms with van der Waals surface area (Å²) in [5.74, 6) is 0. The number of nitrogens with one attached hydrogen (secondary N) is 1. The summed E-state index contributed by atoms with van der Waals surface area (Å²) in [6, 6.07) is 12.3. The molecular weight excluding hydrogens is 291 g/mol. The van der Waals surface area contributed by atoms with Crippen molar-refractivity contribution in [3.05, 3.63) is 63.9 Å². The van der Waals surface area contributed by atoms with Crippen molar-refractivity contribution >= 4 is 23.2 Å². The molecule has 106 valence electrons. The number of aromatic nitrogens is 1. The molecule has 0 aliphatic carbocycles. The van der Waals surface area contributed by atoms with E-state index in [0.29, 0.717) is 10.0 Å². The van der Waals surface area contributed by atoms with E-state index in [1.54, 1.807) is 12.3 Å². The predicted molar refractivity (Wildman–Crippen MR) is 85.4 cm³/mol. The van der Waals surface area contributed by atoms with Gasteiger partial charge in [0, 0.05) is 18.7 Å². The molecule has 0 radical (unpaired) electrons. The van der Waals surface area contributed by atoms with Crippen LogP contribution in [0, 0.1) is 0 Å². The average Bonchev–Trinajstić information content (AvgIpc) is 2.46. The van der Waals surface area contributed by atoms with Gasteiger partial charge in [0.15, 0.2) is 0 Å². The van der Waals surface area contributed by atoms with Crippen molar-refractivity contribution in [2.75, 3.05) is 6.54 Å². The first-order valence-corrected chi connectivity index (χ1v) is 7.54. The minimum absolute atomic E-state index is 0.210. The minimum Gasteiger partial charge on any atom is -0.310 e. The molecule has 20 heavy (non-hydrogen) atoms. The third-order valence-electron chi connectivity index (χ3n) is 3.12. The van der Waals surface area contributed by atoms with Gasteiger partial charge in [-0.25, -0.2) is 0 Å². The molecule has 2 rings (SSSR count). The van der Waals surface area contributed by atoms with Gasteiger partial charge >= 0.3 is 0 Å². The van der Waals surface area contributed by atoms with Crippen LogP contribution >= 0.6 is 23.2 Å². The van der Waals surface area contributed by atoms with E-state index in [4.69, 9.17) is 23.2 Å². The Bertz CT molecular complexity index is 543. The molecule has 2 aromatic rings. The molecule has 0 spiro atoms. The Morgan fingerprint density at radius 1 is 1.20 bits per heavy atom. The fourth-order valence-electron chi connectivity index (χ4n) is 2.10. The first-order chi connectivity index (χ1) is 9.70. The average molecular weight is 309 g/mol. The van der Waals surface area contributed by atoms with Gasteiger partial charge in [0.2, 0.25) is 0 Å². The molecule has 1 heterocycles. The SMILES string of the molecule is CCCNC(Cc1ncc(Cl)cc1Cl)c1ccccc1. The van der Waals surface area contributed by atoms with Crippen molar-refractivity contribution in [2.24, 2.45) is 0 Å². The summed E-state index contributed by atoms with van der Waals surface area (Å²) >= 11 is 12.1. The van der Waals surface area contributed by atoms with Gasteiger partial charge in [0.05, 0.1) is 15.7 Å². The molecule has 1 N–H and O–H groups in total. The molecule has 0 bridgehead atoms. The van der Waals surface area contributed by atoms with Gasteiger partial charge in [-0.05, 0) is 24.6 Å². The van der Waals surface area contributed by atoms with Crippen molar-refractivity contribution in [1.82, 2.24) is 10.3 Å². The molecular formula is C16H18Cl2N2. The Labute approximate surface area is 130 Å². The maximum Gasteiger partial charge on any atom is 0.0637 e. The monoisotopic (exact) mass is 308 g/mol. The number of pyridine rings is 1. The zero-order valence-electron chi connectivity index (χ0n) is 11.4.